The van der Waals surface area contributed by atoms with E-state index in [1.54, 1.807) is 13.8 Å². The Bertz CT molecular complexity index is 677. The molecule has 2 rings (SSSR count). The predicted octanol–water partition coefficient (Wildman–Crippen LogP) is 2.48. The minimum Gasteiger partial charge on any atom is -0.462 e. The van der Waals surface area contributed by atoms with Crippen molar-refractivity contribution in [3.8, 4) is 11.8 Å². The van der Waals surface area contributed by atoms with Crippen LogP contribution in [0.1, 0.15) is 23.0 Å². The zero-order valence-corrected chi connectivity index (χ0v) is 11.6. The zero-order valence-electron chi connectivity index (χ0n) is 11.6. The number of nitrogens with two attached hydrogens (primary N) is 1. The number of nitrogens with zero attached hydrogens (tertiary/aromatic N) is 2. The summed E-state index contributed by atoms with van der Waals surface area (Å²) in [4.78, 5) is 19.5. The molecule has 0 radical (unpaired) electrons. The van der Waals surface area contributed by atoms with Crippen LogP contribution in [0.25, 0.3) is 0 Å². The van der Waals surface area contributed by atoms with E-state index in [4.69, 9.17) is 15.2 Å². The molecular weight excluding hydrogens is 277 g/mol. The van der Waals surface area contributed by atoms with Crippen LogP contribution in [0.5, 0.6) is 11.8 Å². The molecule has 2 aromatic rings. The molecule has 0 bridgehead atoms. The molecule has 0 fully saturated rings. The van der Waals surface area contributed by atoms with E-state index < -0.39 is 11.8 Å². The SMILES string of the molecule is CCOC(=O)c1cnc(Oc2ccc(N)cc2F)nc1C. The molecule has 0 saturated heterocycles. The summed E-state index contributed by atoms with van der Waals surface area (Å²) < 4.78 is 23.7. The molecule has 7 heteroatoms. The fraction of sp³-hybridized carbons (Fsp3) is 0.214. The lowest BCUT2D eigenvalue weighted by Crippen LogP contribution is -2.09. The summed E-state index contributed by atoms with van der Waals surface area (Å²) in [6.07, 6.45) is 1.28. The highest BCUT2D eigenvalue weighted by Gasteiger charge is 2.14. The molecule has 0 saturated carbocycles. The smallest absolute Gasteiger partial charge is 0.341 e. The molecule has 110 valence electrons. The minimum absolute atomic E-state index is 0.0486. The van der Waals surface area contributed by atoms with Crippen LogP contribution >= 0.6 is 0 Å². The molecule has 0 atom stereocenters. The summed E-state index contributed by atoms with van der Waals surface area (Å²) in [6.45, 7) is 3.57. The lowest BCUT2D eigenvalue weighted by Gasteiger charge is -2.08. The largest absolute Gasteiger partial charge is 0.462 e. The quantitative estimate of drug-likeness (QED) is 0.687. The Hall–Kier alpha value is -2.70. The van der Waals surface area contributed by atoms with Crippen molar-refractivity contribution in [1.82, 2.24) is 9.97 Å². The topological polar surface area (TPSA) is 87.3 Å². The van der Waals surface area contributed by atoms with Gasteiger partial charge in [-0.05, 0) is 26.0 Å². The van der Waals surface area contributed by atoms with Crippen LogP contribution in [0.15, 0.2) is 24.4 Å². The normalized spacial score (nSPS) is 10.2. The second kappa shape index (κ2) is 6.17. The lowest BCUT2D eigenvalue weighted by atomic mass is 10.2. The average molecular weight is 291 g/mol. The number of benzene rings is 1. The number of aryl methyl sites for hydroxylation is 1. The molecule has 0 aliphatic carbocycles. The maximum absolute atomic E-state index is 13.6. The first kappa shape index (κ1) is 14.7. The number of ether oxygens (including phenoxy) is 2. The number of carbonyl (C=O) groups is 1. The number of rotatable bonds is 4. The summed E-state index contributed by atoms with van der Waals surface area (Å²) in [5.41, 5.74) is 6.36. The van der Waals surface area contributed by atoms with Gasteiger partial charge in [-0.3, -0.25) is 0 Å². The monoisotopic (exact) mass is 291 g/mol. The summed E-state index contributed by atoms with van der Waals surface area (Å²) in [5.74, 6) is -1.18. The Morgan fingerprint density at radius 1 is 1.43 bits per heavy atom. The Morgan fingerprint density at radius 2 is 2.19 bits per heavy atom. The molecule has 0 amide bonds. The van der Waals surface area contributed by atoms with E-state index >= 15 is 0 Å². The lowest BCUT2D eigenvalue weighted by molar-refractivity contribution is 0.0524. The van der Waals surface area contributed by atoms with Crippen LogP contribution in [-0.4, -0.2) is 22.5 Å². The number of hydrogen-bond acceptors (Lipinski definition) is 6. The molecule has 2 N–H and O–H groups in total. The molecule has 1 heterocycles. The Morgan fingerprint density at radius 3 is 2.81 bits per heavy atom. The standard InChI is InChI=1S/C14H14FN3O3/c1-3-20-13(19)10-7-17-14(18-8(10)2)21-12-5-4-9(16)6-11(12)15/h4-7H,3,16H2,1-2H3. The third kappa shape index (κ3) is 3.44. The van der Waals surface area contributed by atoms with Crippen LogP contribution in [0.4, 0.5) is 10.1 Å². The molecule has 21 heavy (non-hydrogen) atoms. The van der Waals surface area contributed by atoms with Crippen LogP contribution in [0.3, 0.4) is 0 Å². The summed E-state index contributed by atoms with van der Waals surface area (Å²) in [6, 6.07) is 3.94. The van der Waals surface area contributed by atoms with Gasteiger partial charge in [0.05, 0.1) is 17.9 Å². The van der Waals surface area contributed by atoms with Gasteiger partial charge in [-0.25, -0.2) is 14.2 Å². The van der Waals surface area contributed by atoms with Gasteiger partial charge in [0.25, 0.3) is 0 Å². The number of esters is 1. The molecule has 0 spiro atoms. The highest BCUT2D eigenvalue weighted by molar-refractivity contribution is 5.90. The number of hydrogen-bond donors (Lipinski definition) is 1. The molecular formula is C14H14FN3O3. The van der Waals surface area contributed by atoms with Crippen molar-refractivity contribution in [2.75, 3.05) is 12.3 Å². The van der Waals surface area contributed by atoms with Crippen LogP contribution in [-0.2, 0) is 4.74 Å². The zero-order chi connectivity index (χ0) is 15.4. The minimum atomic E-state index is -0.620. The van der Waals surface area contributed by atoms with E-state index in [0.29, 0.717) is 5.69 Å². The van der Waals surface area contributed by atoms with Crippen LogP contribution < -0.4 is 10.5 Å². The fourth-order valence-electron chi connectivity index (χ4n) is 1.60. The van der Waals surface area contributed by atoms with Crippen LogP contribution in [0, 0.1) is 12.7 Å². The molecule has 0 aliphatic heterocycles. The van der Waals surface area contributed by atoms with Gasteiger partial charge < -0.3 is 15.2 Å². The maximum Gasteiger partial charge on any atom is 0.341 e. The summed E-state index contributed by atoms with van der Waals surface area (Å²) in [5, 5.41) is 0. The van der Waals surface area contributed by atoms with Crippen molar-refractivity contribution in [1.29, 1.82) is 0 Å². The first-order valence-electron chi connectivity index (χ1n) is 6.25. The third-order valence-corrected chi connectivity index (χ3v) is 2.61. The number of carbonyl (C=O) groups excluding carboxylic acids is 1. The van der Waals surface area contributed by atoms with Crippen molar-refractivity contribution < 1.29 is 18.7 Å². The first-order chi connectivity index (χ1) is 10.0. The van der Waals surface area contributed by atoms with Gasteiger partial charge >= 0.3 is 12.0 Å². The first-order valence-corrected chi connectivity index (χ1v) is 6.25. The van der Waals surface area contributed by atoms with E-state index in [0.717, 1.165) is 6.07 Å². The summed E-state index contributed by atoms with van der Waals surface area (Å²) >= 11 is 0. The Labute approximate surface area is 120 Å². The van der Waals surface area contributed by atoms with E-state index in [1.165, 1.54) is 18.3 Å². The number of halogens is 1. The van der Waals surface area contributed by atoms with E-state index in [9.17, 15) is 9.18 Å². The van der Waals surface area contributed by atoms with Gasteiger partial charge in [0.2, 0.25) is 0 Å². The second-order valence-electron chi connectivity index (χ2n) is 4.16. The predicted molar refractivity (Wildman–Crippen MR) is 73.6 cm³/mol. The van der Waals surface area contributed by atoms with Crippen LogP contribution in [0.2, 0.25) is 0 Å². The van der Waals surface area contributed by atoms with Gasteiger partial charge in [-0.2, -0.15) is 4.98 Å². The van der Waals surface area contributed by atoms with Crippen molar-refractivity contribution in [3.63, 3.8) is 0 Å². The van der Waals surface area contributed by atoms with Gasteiger partial charge in [0.1, 0.15) is 0 Å². The van der Waals surface area contributed by atoms with Crippen molar-refractivity contribution >= 4 is 11.7 Å². The van der Waals surface area contributed by atoms with Gasteiger partial charge in [0.15, 0.2) is 11.6 Å². The highest BCUT2D eigenvalue weighted by Crippen LogP contribution is 2.24. The molecule has 1 aromatic heterocycles. The van der Waals surface area contributed by atoms with E-state index in [1.807, 2.05) is 0 Å². The number of aromatic nitrogens is 2. The van der Waals surface area contributed by atoms with Crippen molar-refractivity contribution in [2.24, 2.45) is 0 Å². The highest BCUT2D eigenvalue weighted by atomic mass is 19.1. The Kier molecular flexibility index (Phi) is 4.32. The maximum atomic E-state index is 13.6. The van der Waals surface area contributed by atoms with Gasteiger partial charge in [-0.15, -0.1) is 0 Å². The second-order valence-corrected chi connectivity index (χ2v) is 4.16. The number of anilines is 1. The van der Waals surface area contributed by atoms with E-state index in [2.05, 4.69) is 9.97 Å². The number of nitrogen functional groups attached to an aromatic ring is 1. The molecule has 1 aromatic carbocycles. The fourth-order valence-corrected chi connectivity index (χ4v) is 1.60. The van der Waals surface area contributed by atoms with Crippen molar-refractivity contribution in [2.45, 2.75) is 13.8 Å². The summed E-state index contributed by atoms with van der Waals surface area (Å²) in [7, 11) is 0. The van der Waals surface area contributed by atoms with E-state index in [-0.39, 0.29) is 29.6 Å². The average Bonchev–Trinajstić information content (AvgIpc) is 2.42. The molecule has 0 aliphatic rings. The molecule has 6 nitrogen and oxygen atoms in total. The van der Waals surface area contributed by atoms with Gasteiger partial charge in [-0.1, -0.05) is 0 Å². The van der Waals surface area contributed by atoms with Gasteiger partial charge in [0, 0.05) is 18.0 Å². The third-order valence-electron chi connectivity index (χ3n) is 2.61. The Balaban J connectivity index is 2.22. The van der Waals surface area contributed by atoms with Crippen molar-refractivity contribution in [3.05, 3.63) is 41.5 Å². The molecule has 0 unspecified atom stereocenters.